The van der Waals surface area contributed by atoms with Gasteiger partial charge in [-0.25, -0.2) is 0 Å². The topological polar surface area (TPSA) is 52.3 Å². The number of unbranched alkanes of at least 4 members (excludes halogenated alkanes) is 1. The first-order valence-electron chi connectivity index (χ1n) is 8.13. The summed E-state index contributed by atoms with van der Waals surface area (Å²) < 4.78 is 5.38. The average molecular weight is 291 g/mol. The molecule has 0 amide bonds. The Kier molecular flexibility index (Phi) is 8.76. The first-order valence-corrected chi connectivity index (χ1v) is 8.13. The molecule has 0 fully saturated rings. The Hall–Kier alpha value is -1.35. The quantitative estimate of drug-likeness (QED) is 0.669. The summed E-state index contributed by atoms with van der Waals surface area (Å²) in [5.74, 6) is 0.205. The highest BCUT2D eigenvalue weighted by atomic mass is 16.5. The Labute approximate surface area is 128 Å². The summed E-state index contributed by atoms with van der Waals surface area (Å²) in [6.07, 6.45) is 5.99. The van der Waals surface area contributed by atoms with Gasteiger partial charge in [-0.05, 0) is 30.7 Å². The van der Waals surface area contributed by atoms with Crippen LogP contribution >= 0.6 is 0 Å². The van der Waals surface area contributed by atoms with E-state index >= 15 is 0 Å². The lowest BCUT2D eigenvalue weighted by Crippen LogP contribution is -2.33. The molecule has 0 bridgehead atoms. The van der Waals surface area contributed by atoms with Crippen LogP contribution in [0.2, 0.25) is 0 Å². The second-order valence-corrected chi connectivity index (χ2v) is 5.68. The maximum absolute atomic E-state index is 11.9. The zero-order valence-electron chi connectivity index (χ0n) is 13.4. The maximum Gasteiger partial charge on any atom is 0.322 e. The standard InChI is InChI=1S/C18H29NO2/c1-3-5-9-15(4-2)14-21-18(20)17(19)13-12-16-10-7-6-8-11-16/h6-8,10-11,15,17H,3-5,9,12-14,19H2,1-2H3/t15?,17-/m0/s1. The normalized spacial score (nSPS) is 13.7. The molecule has 1 aromatic carbocycles. The van der Waals surface area contributed by atoms with Crippen LogP contribution < -0.4 is 5.73 Å². The first kappa shape index (κ1) is 17.7. The van der Waals surface area contributed by atoms with Crippen LogP contribution in [0.5, 0.6) is 0 Å². The number of carbonyl (C=O) groups is 1. The van der Waals surface area contributed by atoms with Gasteiger partial charge in [0.05, 0.1) is 6.61 Å². The molecule has 1 aromatic rings. The second kappa shape index (κ2) is 10.4. The SMILES string of the molecule is CCCCC(CC)COC(=O)[C@@H](N)CCc1ccccc1. The van der Waals surface area contributed by atoms with Gasteiger partial charge in [0.25, 0.3) is 0 Å². The average Bonchev–Trinajstić information content (AvgIpc) is 2.53. The Balaban J connectivity index is 2.27. The summed E-state index contributed by atoms with van der Waals surface area (Å²) in [5.41, 5.74) is 7.12. The van der Waals surface area contributed by atoms with Gasteiger partial charge in [-0.3, -0.25) is 4.79 Å². The van der Waals surface area contributed by atoms with Crippen molar-refractivity contribution in [3.05, 3.63) is 35.9 Å². The van der Waals surface area contributed by atoms with Gasteiger partial charge in [-0.15, -0.1) is 0 Å². The van der Waals surface area contributed by atoms with Crippen molar-refractivity contribution in [1.82, 2.24) is 0 Å². The highest BCUT2D eigenvalue weighted by molar-refractivity contribution is 5.75. The molecule has 0 radical (unpaired) electrons. The molecular weight excluding hydrogens is 262 g/mol. The fraction of sp³-hybridized carbons (Fsp3) is 0.611. The van der Waals surface area contributed by atoms with E-state index in [-0.39, 0.29) is 5.97 Å². The number of nitrogens with two attached hydrogens (primary N) is 1. The van der Waals surface area contributed by atoms with Crippen molar-refractivity contribution in [1.29, 1.82) is 0 Å². The summed E-state index contributed by atoms with van der Waals surface area (Å²) in [4.78, 5) is 11.9. The molecule has 0 heterocycles. The van der Waals surface area contributed by atoms with Crippen LogP contribution in [0, 0.1) is 5.92 Å². The minimum Gasteiger partial charge on any atom is -0.464 e. The van der Waals surface area contributed by atoms with Gasteiger partial charge >= 0.3 is 5.97 Å². The van der Waals surface area contributed by atoms with Crippen LogP contribution in [-0.2, 0) is 16.0 Å². The Morgan fingerprint density at radius 3 is 2.52 bits per heavy atom. The molecule has 0 spiro atoms. The summed E-state index contributed by atoms with van der Waals surface area (Å²) in [5, 5.41) is 0. The van der Waals surface area contributed by atoms with E-state index in [0.717, 1.165) is 19.3 Å². The maximum atomic E-state index is 11.9. The number of hydrogen-bond donors (Lipinski definition) is 1. The van der Waals surface area contributed by atoms with Gasteiger partial charge in [0.1, 0.15) is 6.04 Å². The summed E-state index contributed by atoms with van der Waals surface area (Å²) in [6.45, 7) is 4.83. The van der Waals surface area contributed by atoms with Crippen molar-refractivity contribution < 1.29 is 9.53 Å². The molecule has 21 heavy (non-hydrogen) atoms. The number of hydrogen-bond acceptors (Lipinski definition) is 3. The van der Waals surface area contributed by atoms with Crippen LogP contribution in [-0.4, -0.2) is 18.6 Å². The van der Waals surface area contributed by atoms with Crippen molar-refractivity contribution in [2.24, 2.45) is 11.7 Å². The van der Waals surface area contributed by atoms with Gasteiger partial charge in [0.15, 0.2) is 0 Å². The van der Waals surface area contributed by atoms with E-state index < -0.39 is 6.04 Å². The molecule has 0 saturated carbocycles. The van der Waals surface area contributed by atoms with Crippen LogP contribution in [0.1, 0.15) is 51.5 Å². The van der Waals surface area contributed by atoms with E-state index in [1.54, 1.807) is 0 Å². The molecule has 0 aliphatic carbocycles. The van der Waals surface area contributed by atoms with Crippen LogP contribution in [0.4, 0.5) is 0 Å². The lowest BCUT2D eigenvalue weighted by Gasteiger charge is -2.17. The Morgan fingerprint density at radius 2 is 1.90 bits per heavy atom. The van der Waals surface area contributed by atoms with Crippen molar-refractivity contribution in [2.75, 3.05) is 6.61 Å². The summed E-state index contributed by atoms with van der Waals surface area (Å²) >= 11 is 0. The molecule has 118 valence electrons. The van der Waals surface area contributed by atoms with Gasteiger partial charge in [-0.1, -0.05) is 63.4 Å². The van der Waals surface area contributed by atoms with E-state index in [0.29, 0.717) is 18.9 Å². The van der Waals surface area contributed by atoms with Crippen molar-refractivity contribution in [3.63, 3.8) is 0 Å². The second-order valence-electron chi connectivity index (χ2n) is 5.68. The molecule has 3 nitrogen and oxygen atoms in total. The molecule has 0 saturated heterocycles. The van der Waals surface area contributed by atoms with E-state index in [4.69, 9.17) is 10.5 Å². The number of aryl methyl sites for hydroxylation is 1. The van der Waals surface area contributed by atoms with Gasteiger partial charge in [-0.2, -0.15) is 0 Å². The lowest BCUT2D eigenvalue weighted by atomic mass is 10.0. The molecule has 0 aliphatic rings. The molecule has 1 unspecified atom stereocenters. The molecule has 2 N–H and O–H groups in total. The predicted molar refractivity (Wildman–Crippen MR) is 87.0 cm³/mol. The Morgan fingerprint density at radius 1 is 1.19 bits per heavy atom. The lowest BCUT2D eigenvalue weighted by molar-refractivity contribution is -0.146. The van der Waals surface area contributed by atoms with E-state index in [1.165, 1.54) is 18.4 Å². The minimum absolute atomic E-state index is 0.263. The molecule has 2 atom stereocenters. The van der Waals surface area contributed by atoms with Gasteiger partial charge < -0.3 is 10.5 Å². The number of carbonyl (C=O) groups excluding carboxylic acids is 1. The molecule has 3 heteroatoms. The number of ether oxygens (including phenoxy) is 1. The van der Waals surface area contributed by atoms with Crippen LogP contribution in [0.3, 0.4) is 0 Å². The van der Waals surface area contributed by atoms with Crippen molar-refractivity contribution in [3.8, 4) is 0 Å². The predicted octanol–water partition coefficient (Wildman–Crippen LogP) is 3.71. The van der Waals surface area contributed by atoms with Crippen molar-refractivity contribution in [2.45, 2.75) is 58.4 Å². The third kappa shape index (κ3) is 7.28. The number of benzene rings is 1. The summed E-state index contributed by atoms with van der Waals surface area (Å²) in [6, 6.07) is 9.57. The first-order chi connectivity index (χ1) is 10.2. The van der Waals surface area contributed by atoms with E-state index in [1.807, 2.05) is 18.2 Å². The third-order valence-electron chi connectivity index (χ3n) is 3.89. The fourth-order valence-corrected chi connectivity index (χ4v) is 2.29. The zero-order chi connectivity index (χ0) is 15.5. The van der Waals surface area contributed by atoms with Crippen LogP contribution in [0.25, 0.3) is 0 Å². The molecule has 0 aromatic heterocycles. The monoisotopic (exact) mass is 291 g/mol. The number of esters is 1. The minimum atomic E-state index is -0.520. The highest BCUT2D eigenvalue weighted by Crippen LogP contribution is 2.13. The van der Waals surface area contributed by atoms with Crippen molar-refractivity contribution >= 4 is 5.97 Å². The molecular formula is C18H29NO2. The molecule has 0 aliphatic heterocycles. The zero-order valence-corrected chi connectivity index (χ0v) is 13.4. The third-order valence-corrected chi connectivity index (χ3v) is 3.89. The van der Waals surface area contributed by atoms with Crippen LogP contribution in [0.15, 0.2) is 30.3 Å². The number of rotatable bonds is 10. The van der Waals surface area contributed by atoms with Gasteiger partial charge in [0.2, 0.25) is 0 Å². The highest BCUT2D eigenvalue weighted by Gasteiger charge is 2.17. The smallest absolute Gasteiger partial charge is 0.322 e. The van der Waals surface area contributed by atoms with Gasteiger partial charge in [0, 0.05) is 0 Å². The van der Waals surface area contributed by atoms with E-state index in [2.05, 4.69) is 26.0 Å². The van der Waals surface area contributed by atoms with E-state index in [9.17, 15) is 4.79 Å². The summed E-state index contributed by atoms with van der Waals surface area (Å²) in [7, 11) is 0. The fourth-order valence-electron chi connectivity index (χ4n) is 2.29. The largest absolute Gasteiger partial charge is 0.464 e. The molecule has 1 rings (SSSR count). The Bertz CT molecular complexity index is 391.